The van der Waals surface area contributed by atoms with E-state index in [1.165, 1.54) is 26.4 Å². The first-order valence-electron chi connectivity index (χ1n) is 5.55. The van der Waals surface area contributed by atoms with Crippen LogP contribution in [0.3, 0.4) is 0 Å². The summed E-state index contributed by atoms with van der Waals surface area (Å²) in [5.41, 5.74) is 0. The van der Waals surface area contributed by atoms with E-state index in [0.29, 0.717) is 0 Å². The Balaban J connectivity index is 4.51. The van der Waals surface area contributed by atoms with Crippen molar-refractivity contribution in [2.24, 2.45) is 5.92 Å². The molecule has 0 radical (unpaired) electrons. The van der Waals surface area contributed by atoms with Gasteiger partial charge in [0, 0.05) is 12.0 Å². The molecule has 0 fully saturated rings. The summed E-state index contributed by atoms with van der Waals surface area (Å²) in [6.07, 6.45) is 2.81. The lowest BCUT2D eigenvalue weighted by Gasteiger charge is -2.16. The number of methoxy groups -OCH3 is 2. The first-order chi connectivity index (χ1) is 8.42. The maximum atomic E-state index is 11.5. The van der Waals surface area contributed by atoms with Gasteiger partial charge in [0.05, 0.1) is 14.2 Å². The van der Waals surface area contributed by atoms with Crippen molar-refractivity contribution < 1.29 is 23.9 Å². The predicted octanol–water partition coefficient (Wildman–Crippen LogP) is 0.419. The molecule has 0 spiro atoms. The second kappa shape index (κ2) is 8.27. The van der Waals surface area contributed by atoms with Gasteiger partial charge in [0.1, 0.15) is 6.04 Å². The molecule has 0 heterocycles. The van der Waals surface area contributed by atoms with Gasteiger partial charge in [0.2, 0.25) is 5.91 Å². The molecule has 0 saturated carbocycles. The van der Waals surface area contributed by atoms with E-state index in [0.717, 1.165) is 0 Å². The van der Waals surface area contributed by atoms with Gasteiger partial charge in [0.25, 0.3) is 0 Å². The quantitative estimate of drug-likeness (QED) is 0.551. The number of hydrogen-bond donors (Lipinski definition) is 1. The molecular weight excluding hydrogens is 238 g/mol. The van der Waals surface area contributed by atoms with Crippen LogP contribution in [-0.4, -0.2) is 38.1 Å². The molecule has 0 rings (SSSR count). The van der Waals surface area contributed by atoms with Crippen LogP contribution in [-0.2, 0) is 23.9 Å². The fourth-order valence-corrected chi connectivity index (χ4v) is 1.06. The summed E-state index contributed by atoms with van der Waals surface area (Å²) in [5, 5.41) is 2.54. The fraction of sp³-hybridized carbons (Fsp3) is 0.583. The van der Waals surface area contributed by atoms with Crippen molar-refractivity contribution >= 4 is 17.8 Å². The van der Waals surface area contributed by atoms with Crippen molar-refractivity contribution in [1.82, 2.24) is 5.32 Å². The Morgan fingerprint density at radius 2 is 1.78 bits per heavy atom. The summed E-state index contributed by atoms with van der Waals surface area (Å²) in [6, 6.07) is -0.800. The fourth-order valence-electron chi connectivity index (χ4n) is 1.06. The van der Waals surface area contributed by atoms with Gasteiger partial charge in [0.15, 0.2) is 0 Å². The normalized spacial score (nSPS) is 12.3. The van der Waals surface area contributed by atoms with Crippen molar-refractivity contribution in [3.8, 4) is 0 Å². The van der Waals surface area contributed by atoms with E-state index < -0.39 is 18.0 Å². The van der Waals surface area contributed by atoms with Crippen LogP contribution in [0.5, 0.6) is 0 Å². The smallest absolute Gasteiger partial charge is 0.330 e. The van der Waals surface area contributed by atoms with Gasteiger partial charge in [-0.25, -0.2) is 9.59 Å². The van der Waals surface area contributed by atoms with Crippen LogP contribution in [0.2, 0.25) is 0 Å². The molecule has 0 aromatic rings. The Kier molecular flexibility index (Phi) is 7.42. The average Bonchev–Trinajstić information content (AvgIpc) is 2.35. The Hall–Kier alpha value is -1.85. The van der Waals surface area contributed by atoms with Crippen LogP contribution in [0, 0.1) is 5.92 Å². The van der Waals surface area contributed by atoms with Crippen LogP contribution in [0.1, 0.15) is 20.3 Å². The third kappa shape index (κ3) is 6.03. The monoisotopic (exact) mass is 257 g/mol. The first kappa shape index (κ1) is 16.1. The van der Waals surface area contributed by atoms with Gasteiger partial charge in [-0.15, -0.1) is 0 Å². The summed E-state index contributed by atoms with van der Waals surface area (Å²) >= 11 is 0. The molecule has 1 amide bonds. The number of hydrogen-bond acceptors (Lipinski definition) is 5. The number of amides is 1. The minimum atomic E-state index is -0.800. The Bertz CT molecular complexity index is 335. The van der Waals surface area contributed by atoms with Gasteiger partial charge in [-0.1, -0.05) is 19.9 Å². The van der Waals surface area contributed by atoms with E-state index in [1.54, 1.807) is 13.8 Å². The minimum Gasteiger partial charge on any atom is -0.467 e. The van der Waals surface area contributed by atoms with E-state index in [2.05, 4.69) is 14.8 Å². The van der Waals surface area contributed by atoms with Crippen LogP contribution in [0.15, 0.2) is 12.2 Å². The molecule has 0 aromatic heterocycles. The molecule has 6 nitrogen and oxygen atoms in total. The lowest BCUT2D eigenvalue weighted by Crippen LogP contribution is -2.43. The third-order valence-electron chi connectivity index (χ3n) is 2.15. The van der Waals surface area contributed by atoms with E-state index in [9.17, 15) is 14.4 Å². The van der Waals surface area contributed by atoms with Gasteiger partial charge >= 0.3 is 11.9 Å². The lowest BCUT2D eigenvalue weighted by atomic mass is 10.1. The molecular formula is C12H19NO5. The second-order valence-electron chi connectivity index (χ2n) is 3.90. The van der Waals surface area contributed by atoms with Gasteiger partial charge in [-0.2, -0.15) is 0 Å². The second-order valence-corrected chi connectivity index (χ2v) is 3.90. The highest BCUT2D eigenvalue weighted by Gasteiger charge is 2.21. The Morgan fingerprint density at radius 3 is 2.22 bits per heavy atom. The Morgan fingerprint density at radius 1 is 1.17 bits per heavy atom. The van der Waals surface area contributed by atoms with Crippen molar-refractivity contribution in [3.05, 3.63) is 12.2 Å². The lowest BCUT2D eigenvalue weighted by molar-refractivity contribution is -0.145. The van der Waals surface area contributed by atoms with E-state index in [1.807, 2.05) is 0 Å². The summed E-state index contributed by atoms with van der Waals surface area (Å²) in [4.78, 5) is 33.8. The molecule has 0 saturated heterocycles. The molecule has 6 heteroatoms. The summed E-state index contributed by atoms with van der Waals surface area (Å²) in [7, 11) is 2.49. The highest BCUT2D eigenvalue weighted by molar-refractivity contribution is 5.86. The molecule has 0 aromatic carbocycles. The maximum Gasteiger partial charge on any atom is 0.330 e. The zero-order valence-electron chi connectivity index (χ0n) is 11.1. The Labute approximate surface area is 106 Å². The predicted molar refractivity (Wildman–Crippen MR) is 64.6 cm³/mol. The highest BCUT2D eigenvalue weighted by atomic mass is 16.5. The number of ether oxygens (including phenoxy) is 2. The molecule has 0 aliphatic heterocycles. The van der Waals surface area contributed by atoms with Crippen LogP contribution in [0.25, 0.3) is 0 Å². The van der Waals surface area contributed by atoms with Gasteiger partial charge in [-0.3, -0.25) is 4.79 Å². The summed E-state index contributed by atoms with van der Waals surface area (Å²) in [6.45, 7) is 3.43. The minimum absolute atomic E-state index is 0.167. The van der Waals surface area contributed by atoms with Gasteiger partial charge in [-0.05, 0) is 6.42 Å². The van der Waals surface area contributed by atoms with Gasteiger partial charge < -0.3 is 14.8 Å². The summed E-state index contributed by atoms with van der Waals surface area (Å²) < 4.78 is 8.98. The number of carbonyl (C=O) groups excluding carboxylic acids is 3. The third-order valence-corrected chi connectivity index (χ3v) is 2.15. The highest BCUT2D eigenvalue weighted by Crippen LogP contribution is 2.00. The molecule has 0 aliphatic carbocycles. The van der Waals surface area contributed by atoms with Crippen LogP contribution < -0.4 is 5.32 Å². The zero-order valence-corrected chi connectivity index (χ0v) is 11.1. The van der Waals surface area contributed by atoms with Crippen molar-refractivity contribution in [2.75, 3.05) is 14.2 Å². The number of carbonyl (C=O) groups is 3. The molecule has 0 unspecified atom stereocenters. The maximum absolute atomic E-state index is 11.5. The zero-order chi connectivity index (χ0) is 14.1. The summed E-state index contributed by atoms with van der Waals surface area (Å²) in [5.74, 6) is -1.56. The van der Waals surface area contributed by atoms with Crippen LogP contribution >= 0.6 is 0 Å². The number of esters is 2. The molecule has 1 N–H and O–H groups in total. The first-order valence-corrected chi connectivity index (χ1v) is 5.55. The van der Waals surface area contributed by atoms with Crippen LogP contribution in [0.4, 0.5) is 0 Å². The van der Waals surface area contributed by atoms with Crippen molar-refractivity contribution in [2.45, 2.75) is 26.3 Å². The van der Waals surface area contributed by atoms with E-state index in [-0.39, 0.29) is 18.2 Å². The molecule has 102 valence electrons. The number of rotatable bonds is 6. The molecule has 18 heavy (non-hydrogen) atoms. The standard InChI is InChI=1S/C12H19NO5/c1-8(2)11(15)13-9(12(16)18-4)6-5-7-10(14)17-3/h5,7-9H,6H2,1-4H3,(H,13,15)/b7-5+/t9-/m1/s1. The van der Waals surface area contributed by atoms with E-state index in [4.69, 9.17) is 0 Å². The molecule has 1 atom stereocenters. The molecule has 0 aliphatic rings. The van der Waals surface area contributed by atoms with Crippen molar-refractivity contribution in [1.29, 1.82) is 0 Å². The average molecular weight is 257 g/mol. The topological polar surface area (TPSA) is 81.7 Å². The molecule has 0 bridgehead atoms. The largest absolute Gasteiger partial charge is 0.467 e. The number of nitrogens with one attached hydrogen (secondary N) is 1. The van der Waals surface area contributed by atoms with E-state index >= 15 is 0 Å². The SMILES string of the molecule is COC(=O)/C=C/C[C@@H](NC(=O)C(C)C)C(=O)OC. The van der Waals surface area contributed by atoms with Crippen molar-refractivity contribution in [3.63, 3.8) is 0 Å².